The van der Waals surface area contributed by atoms with Crippen LogP contribution in [-0.2, 0) is 30.9 Å². The molecule has 1 aliphatic heterocycles. The van der Waals surface area contributed by atoms with E-state index in [2.05, 4.69) is 57.3 Å². The molecule has 2 atom stereocenters. The molecule has 2 aromatic rings. The van der Waals surface area contributed by atoms with Crippen LogP contribution in [0.2, 0.25) is 0 Å². The maximum Gasteiger partial charge on any atom is 0.191 e. The van der Waals surface area contributed by atoms with E-state index in [0.717, 1.165) is 62.3 Å². The topological polar surface area (TPSA) is 94.2 Å². The van der Waals surface area contributed by atoms with E-state index in [1.165, 1.54) is 5.69 Å². The third-order valence-electron chi connectivity index (χ3n) is 5.01. The second kappa shape index (κ2) is 9.87. The number of aryl methyl sites for hydroxylation is 3. The largest absolute Gasteiger partial charge is 0.377 e. The Morgan fingerprint density at radius 3 is 2.90 bits per heavy atom. The lowest BCUT2D eigenvalue weighted by Gasteiger charge is -2.25. The molecular formula is C20H34N8O. The highest BCUT2D eigenvalue weighted by Crippen LogP contribution is 2.13. The van der Waals surface area contributed by atoms with Crippen molar-refractivity contribution in [1.82, 2.24) is 35.2 Å². The molecule has 2 aromatic heterocycles. The number of ether oxygens (including phenoxy) is 1. The van der Waals surface area contributed by atoms with Gasteiger partial charge >= 0.3 is 0 Å². The van der Waals surface area contributed by atoms with Gasteiger partial charge in [-0.05, 0) is 39.2 Å². The Hall–Kier alpha value is -2.42. The number of methoxy groups -OCH3 is 1. The zero-order chi connectivity index (χ0) is 20.8. The molecule has 1 aliphatic rings. The first-order chi connectivity index (χ1) is 14.0. The molecule has 0 radical (unpaired) electrons. The lowest BCUT2D eigenvalue weighted by atomic mass is 10.1. The molecule has 0 aromatic carbocycles. The van der Waals surface area contributed by atoms with Crippen molar-refractivity contribution in [2.45, 2.75) is 66.3 Å². The smallest absolute Gasteiger partial charge is 0.191 e. The van der Waals surface area contributed by atoms with E-state index in [1.807, 2.05) is 11.6 Å². The van der Waals surface area contributed by atoms with Gasteiger partial charge in [-0.3, -0.25) is 9.67 Å². The van der Waals surface area contributed by atoms with Gasteiger partial charge in [-0.15, -0.1) is 0 Å². The van der Waals surface area contributed by atoms with Crippen molar-refractivity contribution >= 4 is 5.96 Å². The van der Waals surface area contributed by atoms with Crippen molar-refractivity contribution in [3.05, 3.63) is 29.1 Å². The van der Waals surface area contributed by atoms with Crippen LogP contribution >= 0.6 is 0 Å². The molecule has 2 unspecified atom stereocenters. The number of hydrogen-bond acceptors (Lipinski definition) is 5. The molecular weight excluding hydrogens is 368 g/mol. The Kier molecular flexibility index (Phi) is 7.24. The number of guanidine groups is 1. The van der Waals surface area contributed by atoms with E-state index in [0.29, 0.717) is 12.5 Å². The van der Waals surface area contributed by atoms with Crippen molar-refractivity contribution in [3.63, 3.8) is 0 Å². The van der Waals surface area contributed by atoms with Gasteiger partial charge in [0.05, 0.1) is 12.2 Å². The summed E-state index contributed by atoms with van der Waals surface area (Å²) in [6, 6.07) is 2.39. The van der Waals surface area contributed by atoms with E-state index < -0.39 is 0 Å². The van der Waals surface area contributed by atoms with Crippen LogP contribution in [-0.4, -0.2) is 56.7 Å². The van der Waals surface area contributed by atoms with Gasteiger partial charge in [-0.2, -0.15) is 10.2 Å². The SMILES string of the molecule is CCNC(=NCC(C)Cn1nc(C)cc1C)NC1CCc2nc(COC)nn2C1. The quantitative estimate of drug-likeness (QED) is 0.513. The van der Waals surface area contributed by atoms with Crippen molar-refractivity contribution in [3.8, 4) is 0 Å². The van der Waals surface area contributed by atoms with Crippen LogP contribution < -0.4 is 10.6 Å². The van der Waals surface area contributed by atoms with Crippen LogP contribution in [0.1, 0.15) is 43.3 Å². The fourth-order valence-corrected chi connectivity index (χ4v) is 3.64. The fourth-order valence-electron chi connectivity index (χ4n) is 3.64. The molecule has 2 N–H and O–H groups in total. The maximum atomic E-state index is 5.15. The first-order valence-electron chi connectivity index (χ1n) is 10.5. The van der Waals surface area contributed by atoms with Crippen LogP contribution in [0.5, 0.6) is 0 Å². The minimum Gasteiger partial charge on any atom is -0.377 e. The number of aromatic nitrogens is 5. The number of nitrogens with zero attached hydrogens (tertiary/aromatic N) is 6. The monoisotopic (exact) mass is 402 g/mol. The number of fused-ring (bicyclic) bond motifs is 1. The molecule has 0 bridgehead atoms. The number of rotatable bonds is 8. The van der Waals surface area contributed by atoms with Crippen LogP contribution in [0, 0.1) is 19.8 Å². The van der Waals surface area contributed by atoms with Gasteiger partial charge < -0.3 is 15.4 Å². The highest BCUT2D eigenvalue weighted by molar-refractivity contribution is 5.80. The van der Waals surface area contributed by atoms with E-state index >= 15 is 0 Å². The van der Waals surface area contributed by atoms with Crippen molar-refractivity contribution in [2.24, 2.45) is 10.9 Å². The highest BCUT2D eigenvalue weighted by atomic mass is 16.5. The third-order valence-corrected chi connectivity index (χ3v) is 5.01. The van der Waals surface area contributed by atoms with E-state index in [4.69, 9.17) is 9.73 Å². The average Bonchev–Trinajstić information content (AvgIpc) is 3.21. The summed E-state index contributed by atoms with van der Waals surface area (Å²) in [6.07, 6.45) is 1.92. The van der Waals surface area contributed by atoms with Gasteiger partial charge in [0.25, 0.3) is 0 Å². The lowest BCUT2D eigenvalue weighted by Crippen LogP contribution is -2.47. The Balaban J connectivity index is 1.56. The molecule has 0 fully saturated rings. The van der Waals surface area contributed by atoms with Gasteiger partial charge in [-0.1, -0.05) is 6.92 Å². The number of hydrogen-bond donors (Lipinski definition) is 2. The Bertz CT molecular complexity index is 825. The highest BCUT2D eigenvalue weighted by Gasteiger charge is 2.22. The van der Waals surface area contributed by atoms with Gasteiger partial charge in [-0.25, -0.2) is 9.67 Å². The van der Waals surface area contributed by atoms with E-state index in [1.54, 1.807) is 7.11 Å². The zero-order valence-electron chi connectivity index (χ0n) is 18.3. The van der Waals surface area contributed by atoms with Gasteiger partial charge in [0.2, 0.25) is 0 Å². The summed E-state index contributed by atoms with van der Waals surface area (Å²) in [4.78, 5) is 9.36. The van der Waals surface area contributed by atoms with E-state index in [9.17, 15) is 0 Å². The summed E-state index contributed by atoms with van der Waals surface area (Å²) < 4.78 is 9.21. The normalized spacial score (nSPS) is 17.8. The van der Waals surface area contributed by atoms with Gasteiger partial charge in [0.15, 0.2) is 11.8 Å². The molecule has 9 nitrogen and oxygen atoms in total. The zero-order valence-corrected chi connectivity index (χ0v) is 18.3. The standard InChI is InChI=1S/C20H34N8O/c1-6-21-20(22-10-14(2)11-27-16(4)9-15(3)25-27)23-17-7-8-19-24-18(13-29-5)26-28(19)12-17/h9,14,17H,6-8,10-13H2,1-5H3,(H2,21,22,23). The molecule has 160 valence electrons. The Labute approximate surface area is 172 Å². The minimum atomic E-state index is 0.281. The molecule has 29 heavy (non-hydrogen) atoms. The Morgan fingerprint density at radius 1 is 1.38 bits per heavy atom. The van der Waals surface area contributed by atoms with Crippen molar-refractivity contribution in [1.29, 1.82) is 0 Å². The van der Waals surface area contributed by atoms with Crippen LogP contribution in [0.25, 0.3) is 0 Å². The summed E-state index contributed by atoms with van der Waals surface area (Å²) in [6.45, 7) is 12.1. The van der Waals surface area contributed by atoms with Crippen LogP contribution in [0.3, 0.4) is 0 Å². The molecule has 3 heterocycles. The van der Waals surface area contributed by atoms with Crippen molar-refractivity contribution < 1.29 is 4.74 Å². The predicted molar refractivity (Wildman–Crippen MR) is 113 cm³/mol. The fraction of sp³-hybridized carbons (Fsp3) is 0.700. The predicted octanol–water partition coefficient (Wildman–Crippen LogP) is 1.44. The Morgan fingerprint density at radius 2 is 2.21 bits per heavy atom. The minimum absolute atomic E-state index is 0.281. The molecule has 0 aliphatic carbocycles. The summed E-state index contributed by atoms with van der Waals surface area (Å²) in [5.74, 6) is 3.05. The third kappa shape index (κ3) is 5.79. The van der Waals surface area contributed by atoms with Crippen LogP contribution in [0.15, 0.2) is 11.1 Å². The average molecular weight is 403 g/mol. The maximum absolute atomic E-state index is 5.15. The van der Waals surface area contributed by atoms with Gasteiger partial charge in [0, 0.05) is 44.9 Å². The first-order valence-corrected chi connectivity index (χ1v) is 10.5. The first kappa shape index (κ1) is 21.3. The summed E-state index contributed by atoms with van der Waals surface area (Å²) in [5, 5.41) is 16.0. The van der Waals surface area contributed by atoms with E-state index in [-0.39, 0.29) is 6.04 Å². The number of aliphatic imine (C=N–C) groups is 1. The van der Waals surface area contributed by atoms with Crippen LogP contribution in [0.4, 0.5) is 0 Å². The summed E-state index contributed by atoms with van der Waals surface area (Å²) >= 11 is 0. The van der Waals surface area contributed by atoms with Crippen molar-refractivity contribution in [2.75, 3.05) is 20.2 Å². The molecule has 9 heteroatoms. The second-order valence-electron chi connectivity index (χ2n) is 7.87. The lowest BCUT2D eigenvalue weighted by molar-refractivity contribution is 0.177. The summed E-state index contributed by atoms with van der Waals surface area (Å²) in [7, 11) is 1.67. The summed E-state index contributed by atoms with van der Waals surface area (Å²) in [5.41, 5.74) is 2.26. The number of nitrogens with one attached hydrogen (secondary N) is 2. The molecule has 3 rings (SSSR count). The molecule has 0 saturated carbocycles. The molecule has 0 saturated heterocycles. The van der Waals surface area contributed by atoms with Gasteiger partial charge in [0.1, 0.15) is 12.4 Å². The molecule has 0 spiro atoms. The molecule has 0 amide bonds. The second-order valence-corrected chi connectivity index (χ2v) is 7.87.